The quantitative estimate of drug-likeness (QED) is 0.0211. The Kier molecular flexibility index (Phi) is 58.0. The van der Waals surface area contributed by atoms with E-state index < -0.39 is 26.5 Å². The molecule has 0 aromatic heterocycles. The maximum Gasteiger partial charge on any atom is 0.472 e. The molecule has 0 fully saturated rings. The number of nitrogens with zero attached hydrogens (tertiary/aromatic N) is 1. The van der Waals surface area contributed by atoms with Crippen molar-refractivity contribution in [1.29, 1.82) is 0 Å². The van der Waals surface area contributed by atoms with Crippen molar-refractivity contribution in [1.82, 2.24) is 0 Å². The van der Waals surface area contributed by atoms with Gasteiger partial charge in [-0.05, 0) is 77.0 Å². The summed E-state index contributed by atoms with van der Waals surface area (Å²) in [6.07, 6.45) is 76.6. The normalized spacial score (nSPS) is 13.5. The first-order valence-corrected chi connectivity index (χ1v) is 34.9. The third-order valence-corrected chi connectivity index (χ3v) is 15.8. The number of unbranched alkanes of at least 4 members (excludes halogenated alkanes) is 40. The van der Waals surface area contributed by atoms with Gasteiger partial charge in [-0.2, -0.15) is 0 Å². The van der Waals surface area contributed by atoms with E-state index in [1.807, 2.05) is 21.1 Å². The first-order valence-electron chi connectivity index (χ1n) is 33.4. The lowest BCUT2D eigenvalue weighted by Crippen LogP contribution is -2.37. The molecule has 0 heterocycles. The minimum Gasteiger partial charge on any atom is -0.462 e. The summed E-state index contributed by atoms with van der Waals surface area (Å²) in [5.74, 6) is -0.794. The number of hydrogen-bond donors (Lipinski definition) is 1. The first-order chi connectivity index (χ1) is 38.0. The molecule has 0 saturated heterocycles. The molecule has 0 aliphatic rings. The lowest BCUT2D eigenvalue weighted by Gasteiger charge is -2.24. The third kappa shape index (κ3) is 63.2. The average Bonchev–Trinajstić information content (AvgIpc) is 3.40. The van der Waals surface area contributed by atoms with Crippen LogP contribution < -0.4 is 0 Å². The van der Waals surface area contributed by atoms with Gasteiger partial charge in [-0.15, -0.1) is 0 Å². The van der Waals surface area contributed by atoms with Crippen molar-refractivity contribution in [2.24, 2.45) is 0 Å². The second kappa shape index (κ2) is 59.6. The van der Waals surface area contributed by atoms with Crippen molar-refractivity contribution in [2.75, 3.05) is 47.5 Å². The molecule has 9 nitrogen and oxygen atoms in total. The number of carbonyl (C=O) groups excluding carboxylic acids is 2. The largest absolute Gasteiger partial charge is 0.472 e. The van der Waals surface area contributed by atoms with E-state index in [0.29, 0.717) is 17.4 Å². The number of allylic oxidation sites excluding steroid dienone is 8. The number of carbonyl (C=O) groups is 2. The Labute approximate surface area is 484 Å². The van der Waals surface area contributed by atoms with E-state index >= 15 is 0 Å². The summed E-state index contributed by atoms with van der Waals surface area (Å²) >= 11 is 0. The summed E-state index contributed by atoms with van der Waals surface area (Å²) in [7, 11) is 1.49. The van der Waals surface area contributed by atoms with Gasteiger partial charge >= 0.3 is 19.8 Å². The van der Waals surface area contributed by atoms with Gasteiger partial charge in [0, 0.05) is 12.8 Å². The molecule has 0 aliphatic carbocycles. The molecule has 0 aromatic carbocycles. The van der Waals surface area contributed by atoms with Gasteiger partial charge in [0.1, 0.15) is 19.8 Å². The second-order valence-electron chi connectivity index (χ2n) is 23.9. The minimum absolute atomic E-state index is 0.0322. The summed E-state index contributed by atoms with van der Waals surface area (Å²) in [5.41, 5.74) is 0. The Hall–Kier alpha value is -2.03. The summed E-state index contributed by atoms with van der Waals surface area (Å²) in [6, 6.07) is 0. The number of phosphoric acid groups is 1. The number of esters is 2. The fourth-order valence-electron chi connectivity index (χ4n) is 9.67. The zero-order chi connectivity index (χ0) is 57.0. The topological polar surface area (TPSA) is 108 Å². The van der Waals surface area contributed by atoms with E-state index in [0.717, 1.165) is 64.2 Å². The van der Waals surface area contributed by atoms with E-state index in [9.17, 15) is 19.0 Å². The highest BCUT2D eigenvalue weighted by molar-refractivity contribution is 7.47. The van der Waals surface area contributed by atoms with Crippen LogP contribution in [0.4, 0.5) is 0 Å². The number of ether oxygens (including phenoxy) is 2. The molecule has 78 heavy (non-hydrogen) atoms. The molecule has 1 N–H and O–H groups in total. The predicted molar refractivity (Wildman–Crippen MR) is 335 cm³/mol. The highest BCUT2D eigenvalue weighted by Crippen LogP contribution is 2.43. The van der Waals surface area contributed by atoms with Crippen LogP contribution in [-0.2, 0) is 32.7 Å². The average molecular weight is 1120 g/mol. The van der Waals surface area contributed by atoms with Gasteiger partial charge in [0.25, 0.3) is 0 Å². The van der Waals surface area contributed by atoms with Crippen molar-refractivity contribution in [2.45, 2.75) is 328 Å². The van der Waals surface area contributed by atoms with E-state index in [2.05, 4.69) is 62.5 Å². The van der Waals surface area contributed by atoms with Crippen LogP contribution in [0.15, 0.2) is 48.6 Å². The Balaban J connectivity index is 3.84. The SMILES string of the molecule is CCCCCC/C=C\CCCCCCCC(=O)OCC(COP(=O)(O)OCC[N+](C)(C)C)OC(=O)CCCCCCCCCCCCCCCCCCCCCCCCCCCC/C=C\C/C=C\C/C=C\CCCCCCC. The smallest absolute Gasteiger partial charge is 0.462 e. The highest BCUT2D eigenvalue weighted by Gasteiger charge is 2.27. The van der Waals surface area contributed by atoms with Crippen molar-refractivity contribution < 1.29 is 42.1 Å². The number of hydrogen-bond acceptors (Lipinski definition) is 7. The number of phosphoric ester groups is 1. The molecule has 2 unspecified atom stereocenters. The van der Waals surface area contributed by atoms with Gasteiger partial charge in [-0.25, -0.2) is 4.57 Å². The Morgan fingerprint density at radius 2 is 0.692 bits per heavy atom. The van der Waals surface area contributed by atoms with Crippen molar-refractivity contribution in [3.63, 3.8) is 0 Å². The van der Waals surface area contributed by atoms with Crippen LogP contribution in [0.3, 0.4) is 0 Å². The minimum atomic E-state index is -4.38. The molecule has 0 spiro atoms. The van der Waals surface area contributed by atoms with Gasteiger partial charge in [0.2, 0.25) is 0 Å². The lowest BCUT2D eigenvalue weighted by atomic mass is 10.0. The van der Waals surface area contributed by atoms with Crippen LogP contribution in [0.2, 0.25) is 0 Å². The molecular formula is C68H129NO8P+. The number of rotatable bonds is 62. The van der Waals surface area contributed by atoms with Gasteiger partial charge in [0.05, 0.1) is 27.7 Å². The van der Waals surface area contributed by atoms with E-state index in [-0.39, 0.29) is 32.0 Å². The van der Waals surface area contributed by atoms with Gasteiger partial charge in [-0.1, -0.05) is 281 Å². The summed E-state index contributed by atoms with van der Waals surface area (Å²) in [5, 5.41) is 0. The maximum absolute atomic E-state index is 12.8. The second-order valence-corrected chi connectivity index (χ2v) is 25.3. The molecule has 0 radical (unpaired) electrons. The monoisotopic (exact) mass is 1120 g/mol. The molecule has 0 rings (SSSR count). The molecule has 2 atom stereocenters. The summed E-state index contributed by atoms with van der Waals surface area (Å²) in [6.45, 7) is 4.43. The molecule has 10 heteroatoms. The third-order valence-electron chi connectivity index (χ3n) is 14.8. The first kappa shape index (κ1) is 76.0. The predicted octanol–water partition coefficient (Wildman–Crippen LogP) is 21.3. The number of quaternary nitrogens is 1. The zero-order valence-corrected chi connectivity index (χ0v) is 53.1. The summed E-state index contributed by atoms with van der Waals surface area (Å²) < 4.78 is 34.6. The van der Waals surface area contributed by atoms with E-state index in [1.165, 1.54) is 225 Å². The molecule has 0 aromatic rings. The van der Waals surface area contributed by atoms with Crippen molar-refractivity contribution in [3.8, 4) is 0 Å². The van der Waals surface area contributed by atoms with E-state index in [4.69, 9.17) is 18.5 Å². The van der Waals surface area contributed by atoms with Gasteiger partial charge in [-0.3, -0.25) is 18.6 Å². The van der Waals surface area contributed by atoms with Crippen LogP contribution in [-0.4, -0.2) is 74.9 Å². The Morgan fingerprint density at radius 1 is 0.397 bits per heavy atom. The van der Waals surface area contributed by atoms with Crippen LogP contribution >= 0.6 is 7.82 Å². The lowest BCUT2D eigenvalue weighted by molar-refractivity contribution is -0.870. The molecule has 458 valence electrons. The fourth-order valence-corrected chi connectivity index (χ4v) is 10.4. The highest BCUT2D eigenvalue weighted by atomic mass is 31.2. The fraction of sp³-hybridized carbons (Fsp3) is 0.853. The van der Waals surface area contributed by atoms with E-state index in [1.54, 1.807) is 0 Å². The zero-order valence-electron chi connectivity index (χ0n) is 52.2. The summed E-state index contributed by atoms with van der Waals surface area (Å²) in [4.78, 5) is 35.6. The standard InChI is InChI=1S/C68H128NO8P/c1-6-8-10-12-14-16-18-20-21-22-23-24-25-26-27-28-29-30-31-32-33-34-35-36-37-38-39-40-41-42-43-44-45-46-47-49-51-53-55-57-59-61-68(71)77-66(65-76-78(72,73)75-63-62-69(3,4)5)64-74-67(70)60-58-56-54-52-50-48-19-17-15-13-11-9-7-2/h17-20,22-23,25-26,66H,6-16,21,24,27-65H2,1-5H3/p+1/b19-17-,20-18-,23-22-,26-25-. The van der Waals surface area contributed by atoms with Crippen LogP contribution in [0.5, 0.6) is 0 Å². The molecule has 0 bridgehead atoms. The molecular weight excluding hydrogens is 990 g/mol. The Morgan fingerprint density at radius 3 is 1.05 bits per heavy atom. The van der Waals surface area contributed by atoms with Crippen LogP contribution in [0.1, 0.15) is 322 Å². The molecule has 0 aliphatic heterocycles. The van der Waals surface area contributed by atoms with Crippen molar-refractivity contribution in [3.05, 3.63) is 48.6 Å². The molecule has 0 saturated carbocycles. The van der Waals surface area contributed by atoms with Crippen LogP contribution in [0, 0.1) is 0 Å². The number of likely N-dealkylation sites (N-methyl/N-ethyl adjacent to an activating group) is 1. The Bertz CT molecular complexity index is 1460. The maximum atomic E-state index is 12.8. The van der Waals surface area contributed by atoms with Gasteiger partial charge in [0.15, 0.2) is 6.10 Å². The van der Waals surface area contributed by atoms with Crippen LogP contribution in [0.25, 0.3) is 0 Å². The van der Waals surface area contributed by atoms with Gasteiger partial charge < -0.3 is 18.9 Å². The molecule has 0 amide bonds. The van der Waals surface area contributed by atoms with Crippen molar-refractivity contribution >= 4 is 19.8 Å².